The Morgan fingerprint density at radius 2 is 2.21 bits per heavy atom. The van der Waals surface area contributed by atoms with Crippen molar-refractivity contribution in [2.75, 3.05) is 6.61 Å². The van der Waals surface area contributed by atoms with E-state index in [9.17, 15) is 14.5 Å². The van der Waals surface area contributed by atoms with Crippen molar-refractivity contribution < 1.29 is 19.5 Å². The van der Waals surface area contributed by atoms with Crippen LogP contribution in [0.2, 0.25) is 0 Å². The Hall–Kier alpha value is -1.53. The van der Waals surface area contributed by atoms with Gasteiger partial charge in [-0.1, -0.05) is 12.1 Å². The first-order chi connectivity index (χ1) is 6.57. The molecular formula is C8H8FNO4. The topological polar surface area (TPSA) is 83.6 Å². The molecule has 2 N–H and O–H groups in total. The van der Waals surface area contributed by atoms with Crippen LogP contribution in [0.3, 0.4) is 0 Å². The summed E-state index contributed by atoms with van der Waals surface area (Å²) in [6.07, 6.45) is -1.44. The highest BCUT2D eigenvalue weighted by Gasteiger charge is 2.20. The molecule has 14 heavy (non-hydrogen) atoms. The Balaban J connectivity index is 3.20. The summed E-state index contributed by atoms with van der Waals surface area (Å²) in [7, 11) is 0. The quantitative estimate of drug-likeness (QED) is 0.558. The second kappa shape index (κ2) is 4.12. The number of hydrogen-bond acceptors (Lipinski definition) is 4. The SMILES string of the molecule is O=[N+]([O-])c1cccc(C(O)CO)c1F. The van der Waals surface area contributed by atoms with Crippen LogP contribution in [0.1, 0.15) is 11.7 Å². The lowest BCUT2D eigenvalue weighted by Crippen LogP contribution is -2.06. The number of nitrogens with zero attached hydrogens (tertiary/aromatic N) is 1. The highest BCUT2D eigenvalue weighted by atomic mass is 19.1. The highest BCUT2D eigenvalue weighted by molar-refractivity contribution is 5.37. The zero-order valence-corrected chi connectivity index (χ0v) is 7.05. The van der Waals surface area contributed by atoms with E-state index in [-0.39, 0.29) is 5.56 Å². The molecule has 0 radical (unpaired) electrons. The lowest BCUT2D eigenvalue weighted by molar-refractivity contribution is -0.387. The van der Waals surface area contributed by atoms with Crippen molar-refractivity contribution >= 4 is 5.69 Å². The van der Waals surface area contributed by atoms with Crippen LogP contribution in [0, 0.1) is 15.9 Å². The molecule has 0 saturated heterocycles. The zero-order chi connectivity index (χ0) is 10.7. The van der Waals surface area contributed by atoms with Gasteiger partial charge in [0.25, 0.3) is 0 Å². The van der Waals surface area contributed by atoms with Crippen molar-refractivity contribution in [3.63, 3.8) is 0 Å². The molecule has 0 spiro atoms. The number of rotatable bonds is 3. The molecule has 0 heterocycles. The molecule has 0 aliphatic rings. The Labute approximate surface area is 78.6 Å². The van der Waals surface area contributed by atoms with Crippen molar-refractivity contribution in [2.45, 2.75) is 6.10 Å². The lowest BCUT2D eigenvalue weighted by Gasteiger charge is -2.07. The standard InChI is InChI=1S/C8H8FNO4/c9-8-5(7(12)4-11)2-1-3-6(8)10(13)14/h1-3,7,11-12H,4H2. The molecule has 0 bridgehead atoms. The maximum absolute atomic E-state index is 13.2. The third kappa shape index (κ3) is 1.86. The third-order valence-corrected chi connectivity index (χ3v) is 1.74. The van der Waals surface area contributed by atoms with E-state index in [1.807, 2.05) is 0 Å². The smallest absolute Gasteiger partial charge is 0.305 e. The van der Waals surface area contributed by atoms with Gasteiger partial charge in [-0.15, -0.1) is 0 Å². The van der Waals surface area contributed by atoms with Gasteiger partial charge >= 0.3 is 5.69 Å². The minimum atomic E-state index is -1.44. The molecule has 1 aromatic carbocycles. The molecule has 1 aromatic rings. The summed E-state index contributed by atoms with van der Waals surface area (Å²) in [6, 6.07) is 3.42. The summed E-state index contributed by atoms with van der Waals surface area (Å²) < 4.78 is 13.2. The maximum Gasteiger partial charge on any atom is 0.305 e. The molecule has 1 unspecified atom stereocenters. The van der Waals surface area contributed by atoms with Gasteiger partial charge in [-0.2, -0.15) is 4.39 Å². The molecule has 1 rings (SSSR count). The van der Waals surface area contributed by atoms with E-state index < -0.39 is 29.1 Å². The van der Waals surface area contributed by atoms with Gasteiger partial charge in [0.05, 0.1) is 11.5 Å². The normalized spacial score (nSPS) is 12.5. The van der Waals surface area contributed by atoms with Gasteiger partial charge in [-0.25, -0.2) is 0 Å². The monoisotopic (exact) mass is 201 g/mol. The van der Waals surface area contributed by atoms with Gasteiger partial charge in [0.15, 0.2) is 0 Å². The number of aliphatic hydroxyl groups is 2. The van der Waals surface area contributed by atoms with E-state index in [4.69, 9.17) is 10.2 Å². The number of nitro groups is 1. The highest BCUT2D eigenvalue weighted by Crippen LogP contribution is 2.24. The van der Waals surface area contributed by atoms with Crippen LogP contribution in [0.5, 0.6) is 0 Å². The van der Waals surface area contributed by atoms with Crippen LogP contribution in [0.15, 0.2) is 18.2 Å². The van der Waals surface area contributed by atoms with Gasteiger partial charge in [0.2, 0.25) is 5.82 Å². The number of aliphatic hydroxyl groups excluding tert-OH is 2. The van der Waals surface area contributed by atoms with Crippen LogP contribution >= 0.6 is 0 Å². The predicted molar refractivity (Wildman–Crippen MR) is 45.1 cm³/mol. The first-order valence-electron chi connectivity index (χ1n) is 3.79. The Bertz CT molecular complexity index is 355. The minimum Gasteiger partial charge on any atom is -0.393 e. The van der Waals surface area contributed by atoms with Crippen LogP contribution in [-0.2, 0) is 0 Å². The molecule has 76 valence electrons. The van der Waals surface area contributed by atoms with Gasteiger partial charge in [-0.05, 0) is 0 Å². The summed E-state index contributed by atoms with van der Waals surface area (Å²) in [5.74, 6) is -1.11. The van der Waals surface area contributed by atoms with Crippen molar-refractivity contribution in [3.05, 3.63) is 39.7 Å². The number of benzene rings is 1. The average Bonchev–Trinajstić information content (AvgIpc) is 2.16. The fourth-order valence-corrected chi connectivity index (χ4v) is 1.03. The molecule has 0 saturated carbocycles. The fourth-order valence-electron chi connectivity index (χ4n) is 1.03. The summed E-state index contributed by atoms with van der Waals surface area (Å²) in [5, 5.41) is 28.0. The molecule has 0 fully saturated rings. The molecule has 5 nitrogen and oxygen atoms in total. The van der Waals surface area contributed by atoms with Crippen LogP contribution < -0.4 is 0 Å². The van der Waals surface area contributed by atoms with Gasteiger partial charge in [0, 0.05) is 11.6 Å². The average molecular weight is 201 g/mol. The summed E-state index contributed by atoms with van der Waals surface area (Å²) >= 11 is 0. The van der Waals surface area contributed by atoms with E-state index in [1.165, 1.54) is 12.1 Å². The van der Waals surface area contributed by atoms with E-state index in [1.54, 1.807) is 0 Å². The summed E-state index contributed by atoms with van der Waals surface area (Å²) in [5.41, 5.74) is -0.989. The fraction of sp³-hybridized carbons (Fsp3) is 0.250. The lowest BCUT2D eigenvalue weighted by atomic mass is 10.1. The van der Waals surface area contributed by atoms with E-state index in [0.29, 0.717) is 0 Å². The second-order valence-corrected chi connectivity index (χ2v) is 2.64. The first kappa shape index (κ1) is 10.6. The van der Waals surface area contributed by atoms with Crippen molar-refractivity contribution in [3.8, 4) is 0 Å². The van der Waals surface area contributed by atoms with Crippen molar-refractivity contribution in [1.82, 2.24) is 0 Å². The molecular weight excluding hydrogens is 193 g/mol. The van der Waals surface area contributed by atoms with Crippen LogP contribution in [0.25, 0.3) is 0 Å². The van der Waals surface area contributed by atoms with Gasteiger partial charge in [0.1, 0.15) is 6.10 Å². The van der Waals surface area contributed by atoms with Gasteiger partial charge in [-0.3, -0.25) is 10.1 Å². The first-order valence-corrected chi connectivity index (χ1v) is 3.79. The Kier molecular flexibility index (Phi) is 3.10. The number of halogens is 1. The summed E-state index contributed by atoms with van der Waals surface area (Å²) in [6.45, 7) is -0.682. The van der Waals surface area contributed by atoms with E-state index in [0.717, 1.165) is 6.07 Å². The molecule has 0 aliphatic heterocycles. The van der Waals surface area contributed by atoms with Crippen LogP contribution in [-0.4, -0.2) is 21.7 Å². The third-order valence-electron chi connectivity index (χ3n) is 1.74. The Morgan fingerprint density at radius 3 is 2.71 bits per heavy atom. The predicted octanol–water partition coefficient (Wildman–Crippen LogP) is 0.760. The Morgan fingerprint density at radius 1 is 1.57 bits per heavy atom. The summed E-state index contributed by atoms with van der Waals surface area (Å²) in [4.78, 5) is 9.42. The maximum atomic E-state index is 13.2. The van der Waals surface area contributed by atoms with E-state index >= 15 is 0 Å². The van der Waals surface area contributed by atoms with Gasteiger partial charge < -0.3 is 10.2 Å². The molecule has 1 atom stereocenters. The molecule has 0 aliphatic carbocycles. The van der Waals surface area contributed by atoms with Crippen LogP contribution in [0.4, 0.5) is 10.1 Å². The minimum absolute atomic E-state index is 0.276. The number of nitro benzene ring substituents is 1. The zero-order valence-electron chi connectivity index (χ0n) is 7.05. The second-order valence-electron chi connectivity index (χ2n) is 2.64. The molecule has 0 amide bonds. The largest absolute Gasteiger partial charge is 0.393 e. The van der Waals surface area contributed by atoms with Crippen molar-refractivity contribution in [2.24, 2.45) is 0 Å². The van der Waals surface area contributed by atoms with E-state index in [2.05, 4.69) is 0 Å². The van der Waals surface area contributed by atoms with Crippen molar-refractivity contribution in [1.29, 1.82) is 0 Å². The molecule has 6 heteroatoms. The number of hydrogen-bond donors (Lipinski definition) is 2. The molecule has 0 aromatic heterocycles.